The summed E-state index contributed by atoms with van der Waals surface area (Å²) in [4.78, 5) is 28.2. The Morgan fingerprint density at radius 1 is 1.11 bits per heavy atom. The first-order valence-electron chi connectivity index (χ1n) is 8.30. The second kappa shape index (κ2) is 8.12. The summed E-state index contributed by atoms with van der Waals surface area (Å²) in [6, 6.07) is 4.47. The van der Waals surface area contributed by atoms with Crippen molar-refractivity contribution in [3.8, 4) is 0 Å². The molecule has 9 heteroatoms. The number of hydrogen-bond acceptors (Lipinski definition) is 4. The van der Waals surface area contributed by atoms with Crippen molar-refractivity contribution in [1.82, 2.24) is 15.2 Å². The average molecular weight is 391 g/mol. The van der Waals surface area contributed by atoms with Crippen LogP contribution in [0.5, 0.6) is 0 Å². The van der Waals surface area contributed by atoms with E-state index in [9.17, 15) is 22.8 Å². The molecule has 0 bridgehead atoms. The van der Waals surface area contributed by atoms with Crippen molar-refractivity contribution in [3.05, 3.63) is 86.8 Å². The van der Waals surface area contributed by atoms with Crippen LogP contribution < -0.4 is 5.56 Å². The maximum Gasteiger partial charge on any atom is 0.306 e. The number of rotatable bonds is 6. The van der Waals surface area contributed by atoms with Crippen molar-refractivity contribution in [1.29, 1.82) is 0 Å². The van der Waals surface area contributed by atoms with E-state index in [1.807, 2.05) is 0 Å². The smallest absolute Gasteiger partial charge is 0.306 e. The van der Waals surface area contributed by atoms with E-state index in [1.165, 1.54) is 19.5 Å². The van der Waals surface area contributed by atoms with Crippen LogP contribution in [-0.2, 0) is 16.0 Å². The first kappa shape index (κ1) is 19.4. The highest BCUT2D eigenvalue weighted by Gasteiger charge is 2.26. The van der Waals surface area contributed by atoms with Gasteiger partial charge in [-0.15, -0.1) is 0 Å². The first-order chi connectivity index (χ1) is 13.4. The lowest BCUT2D eigenvalue weighted by Gasteiger charge is -2.16. The highest BCUT2D eigenvalue weighted by molar-refractivity contribution is 5.71. The highest BCUT2D eigenvalue weighted by Crippen LogP contribution is 2.29. The van der Waals surface area contributed by atoms with Gasteiger partial charge in [-0.3, -0.25) is 19.7 Å². The molecule has 0 unspecified atom stereocenters. The van der Waals surface area contributed by atoms with Crippen molar-refractivity contribution >= 4 is 5.97 Å². The molecule has 2 aromatic heterocycles. The molecule has 28 heavy (non-hydrogen) atoms. The molecule has 0 saturated heterocycles. The minimum absolute atomic E-state index is 0.137. The van der Waals surface area contributed by atoms with E-state index in [1.54, 1.807) is 12.1 Å². The van der Waals surface area contributed by atoms with E-state index in [0.29, 0.717) is 11.6 Å². The van der Waals surface area contributed by atoms with Gasteiger partial charge in [0.05, 0.1) is 13.5 Å². The summed E-state index contributed by atoms with van der Waals surface area (Å²) < 4.78 is 45.5. The number of carbonyl (C=O) groups excluding carboxylic acids is 1. The molecule has 0 aliphatic carbocycles. The third-order valence-corrected chi connectivity index (χ3v) is 4.41. The molecule has 3 rings (SSSR count). The van der Waals surface area contributed by atoms with Gasteiger partial charge in [0.2, 0.25) is 0 Å². The molecule has 146 valence electrons. The average Bonchev–Trinajstić information content (AvgIpc) is 3.04. The van der Waals surface area contributed by atoms with E-state index < -0.39 is 34.9 Å². The Kier molecular flexibility index (Phi) is 5.62. The summed E-state index contributed by atoms with van der Waals surface area (Å²) in [5.74, 6) is -4.69. The number of H-pyrrole nitrogens is 2. The number of nitrogens with one attached hydrogen (secondary N) is 2. The van der Waals surface area contributed by atoms with E-state index in [2.05, 4.69) is 15.2 Å². The van der Waals surface area contributed by atoms with Gasteiger partial charge in [-0.2, -0.15) is 0 Å². The van der Waals surface area contributed by atoms with E-state index >= 15 is 0 Å². The predicted molar refractivity (Wildman–Crippen MR) is 93.2 cm³/mol. The number of carbonyl (C=O) groups is 1. The SMILES string of the molecule is COC(=O)C[C@@H](c1ccncc1)c1c(Cc2cc(F)c(F)cc2F)[nH][nH]c1=O. The predicted octanol–water partition coefficient (Wildman–Crippen LogP) is 2.80. The van der Waals surface area contributed by atoms with Crippen molar-refractivity contribution in [2.45, 2.75) is 18.8 Å². The maximum atomic E-state index is 14.1. The van der Waals surface area contributed by atoms with Crippen LogP contribution in [0, 0.1) is 17.5 Å². The number of ether oxygens (including phenoxy) is 1. The van der Waals surface area contributed by atoms with Gasteiger partial charge in [-0.1, -0.05) is 0 Å². The number of esters is 1. The lowest BCUT2D eigenvalue weighted by atomic mass is 9.88. The summed E-state index contributed by atoms with van der Waals surface area (Å²) in [5, 5.41) is 5.04. The van der Waals surface area contributed by atoms with E-state index in [0.717, 1.165) is 6.07 Å². The van der Waals surface area contributed by atoms with Gasteiger partial charge in [-0.25, -0.2) is 13.2 Å². The number of halogens is 3. The number of nitrogens with zero attached hydrogens (tertiary/aromatic N) is 1. The van der Waals surface area contributed by atoms with Gasteiger partial charge >= 0.3 is 5.97 Å². The van der Waals surface area contributed by atoms with E-state index in [4.69, 9.17) is 4.74 Å². The van der Waals surface area contributed by atoms with Gasteiger partial charge in [0, 0.05) is 42.1 Å². The molecule has 2 heterocycles. The summed E-state index contributed by atoms with van der Waals surface area (Å²) in [5.41, 5.74) is 0.407. The summed E-state index contributed by atoms with van der Waals surface area (Å²) in [6.45, 7) is 0. The van der Waals surface area contributed by atoms with Crippen LogP contribution in [0.3, 0.4) is 0 Å². The number of aromatic nitrogens is 3. The van der Waals surface area contributed by atoms with Crippen LogP contribution in [0.2, 0.25) is 0 Å². The second-order valence-electron chi connectivity index (χ2n) is 6.12. The largest absolute Gasteiger partial charge is 0.469 e. The Labute approximate surface area is 157 Å². The van der Waals surface area contributed by atoms with Gasteiger partial charge in [0.1, 0.15) is 5.82 Å². The van der Waals surface area contributed by atoms with Gasteiger partial charge in [-0.05, 0) is 29.3 Å². The standard InChI is InChI=1S/C19H16F3N3O3/c1-28-17(26)8-12(10-2-4-23-5-3-10)18-16(24-25-19(18)27)7-11-6-14(21)15(22)9-13(11)20/h2-6,9,12H,7-8H2,1H3,(H2,24,25,27)/t12-/m0/s1. The van der Waals surface area contributed by atoms with Crippen LogP contribution in [0.4, 0.5) is 13.2 Å². The molecule has 6 nitrogen and oxygen atoms in total. The lowest BCUT2D eigenvalue weighted by molar-refractivity contribution is -0.140. The Morgan fingerprint density at radius 3 is 2.46 bits per heavy atom. The molecule has 0 spiro atoms. The van der Waals surface area contributed by atoms with Crippen LogP contribution in [0.15, 0.2) is 41.5 Å². The number of benzene rings is 1. The molecule has 0 saturated carbocycles. The minimum atomic E-state index is -1.30. The lowest BCUT2D eigenvalue weighted by Crippen LogP contribution is -2.18. The van der Waals surface area contributed by atoms with Gasteiger partial charge in [0.25, 0.3) is 5.56 Å². The first-order valence-corrected chi connectivity index (χ1v) is 8.30. The third-order valence-electron chi connectivity index (χ3n) is 4.41. The van der Waals surface area contributed by atoms with Crippen LogP contribution >= 0.6 is 0 Å². The molecule has 0 aliphatic heterocycles. The van der Waals surface area contributed by atoms with Crippen molar-refractivity contribution in [2.24, 2.45) is 0 Å². The Morgan fingerprint density at radius 2 is 1.79 bits per heavy atom. The molecule has 1 aromatic carbocycles. The monoisotopic (exact) mass is 391 g/mol. The zero-order valence-electron chi connectivity index (χ0n) is 14.8. The number of aromatic amines is 2. The zero-order valence-corrected chi connectivity index (χ0v) is 14.8. The van der Waals surface area contributed by atoms with Gasteiger partial charge < -0.3 is 9.84 Å². The Hall–Kier alpha value is -3.36. The third kappa shape index (κ3) is 3.98. The Balaban J connectivity index is 2.06. The quantitative estimate of drug-likeness (QED) is 0.500. The molecule has 0 amide bonds. The normalized spacial score (nSPS) is 12.0. The fraction of sp³-hybridized carbons (Fsp3) is 0.211. The van der Waals surface area contributed by atoms with E-state index in [-0.39, 0.29) is 29.7 Å². The molecule has 0 fully saturated rings. The summed E-state index contributed by atoms with van der Waals surface area (Å²) in [7, 11) is 1.23. The fourth-order valence-corrected chi connectivity index (χ4v) is 3.03. The molecule has 0 aliphatic rings. The molecule has 3 aromatic rings. The molecule has 0 radical (unpaired) electrons. The van der Waals surface area contributed by atoms with Crippen LogP contribution in [0.1, 0.15) is 34.7 Å². The van der Waals surface area contributed by atoms with Crippen molar-refractivity contribution in [3.63, 3.8) is 0 Å². The topological polar surface area (TPSA) is 87.8 Å². The molecule has 2 N–H and O–H groups in total. The number of methoxy groups -OCH3 is 1. The fourth-order valence-electron chi connectivity index (χ4n) is 3.03. The molecular formula is C19H16F3N3O3. The minimum Gasteiger partial charge on any atom is -0.469 e. The Bertz CT molecular complexity index is 1050. The molecular weight excluding hydrogens is 375 g/mol. The number of pyridine rings is 1. The van der Waals surface area contributed by atoms with Crippen LogP contribution in [-0.4, -0.2) is 28.3 Å². The summed E-state index contributed by atoms with van der Waals surface area (Å²) in [6.07, 6.45) is 2.67. The maximum absolute atomic E-state index is 14.1. The molecule has 1 atom stereocenters. The van der Waals surface area contributed by atoms with Crippen molar-refractivity contribution < 1.29 is 22.7 Å². The van der Waals surface area contributed by atoms with Gasteiger partial charge in [0.15, 0.2) is 11.6 Å². The highest BCUT2D eigenvalue weighted by atomic mass is 19.2. The zero-order chi connectivity index (χ0) is 20.3. The summed E-state index contributed by atoms with van der Waals surface area (Å²) >= 11 is 0. The second-order valence-corrected chi connectivity index (χ2v) is 6.12. The van der Waals surface area contributed by atoms with Crippen molar-refractivity contribution in [2.75, 3.05) is 7.11 Å². The number of hydrogen-bond donors (Lipinski definition) is 2. The van der Waals surface area contributed by atoms with Crippen LogP contribution in [0.25, 0.3) is 0 Å².